The van der Waals surface area contributed by atoms with E-state index in [1.54, 1.807) is 12.1 Å². The number of nitrogens with zero attached hydrogens (tertiary/aromatic N) is 2. The van der Waals surface area contributed by atoms with Gasteiger partial charge in [0.2, 0.25) is 5.91 Å². The minimum atomic E-state index is -0.281. The van der Waals surface area contributed by atoms with Gasteiger partial charge in [-0.1, -0.05) is 35.9 Å². The van der Waals surface area contributed by atoms with E-state index in [1.165, 1.54) is 10.5 Å². The molecule has 2 aromatic carbocycles. The van der Waals surface area contributed by atoms with Crippen molar-refractivity contribution in [2.45, 2.75) is 51.8 Å². The van der Waals surface area contributed by atoms with E-state index < -0.39 is 0 Å². The summed E-state index contributed by atoms with van der Waals surface area (Å²) in [6.45, 7) is 5.27. The fraction of sp³-hybridized carbons (Fsp3) is 0.423. The number of fused-ring (bicyclic) bond motifs is 1. The number of nitrogens with one attached hydrogen (secondary N) is 1. The highest BCUT2D eigenvalue weighted by Gasteiger charge is 2.34. The molecular weight excluding hydrogens is 418 g/mol. The summed E-state index contributed by atoms with van der Waals surface area (Å²) in [5.74, 6) is -0.658. The maximum Gasteiger partial charge on any atom is 0.261 e. The highest BCUT2D eigenvalue weighted by molar-refractivity contribution is 6.21. The number of hydrogen-bond donors (Lipinski definition) is 2. The monoisotopic (exact) mass is 449 g/mol. The van der Waals surface area contributed by atoms with Crippen LogP contribution in [0.5, 0.6) is 0 Å². The van der Waals surface area contributed by atoms with Crippen LogP contribution in [0.1, 0.15) is 63.1 Å². The van der Waals surface area contributed by atoms with Gasteiger partial charge in [0, 0.05) is 39.1 Å². The van der Waals surface area contributed by atoms with E-state index in [2.05, 4.69) is 22.3 Å². The molecule has 0 aromatic heterocycles. The standard InChI is InChI=1S/C26H31N3O4/c1-18-4-9-22-23(15-18)26(33)29(25(22)32)12-2-3-24(31)27-16-19-5-7-20(8-6-19)17-28-13-10-21(30)11-14-28/h4-9,15,21,30H,2-3,10-14,16-17H2,1H3,(H,27,31). The molecule has 0 saturated carbocycles. The SMILES string of the molecule is Cc1ccc2c(c1)C(=O)N(CCCC(=O)NCc1ccc(CN3CCC(O)CC3)cc1)C2=O. The molecule has 2 N–H and O–H groups in total. The number of amides is 3. The Labute approximate surface area is 194 Å². The highest BCUT2D eigenvalue weighted by atomic mass is 16.3. The third-order valence-electron chi connectivity index (χ3n) is 6.39. The Morgan fingerprint density at radius 1 is 1.00 bits per heavy atom. The van der Waals surface area contributed by atoms with E-state index in [4.69, 9.17) is 0 Å². The maximum absolute atomic E-state index is 12.5. The van der Waals surface area contributed by atoms with Crippen LogP contribution in [0.25, 0.3) is 0 Å². The summed E-state index contributed by atoms with van der Waals surface area (Å²) in [6.07, 6.45) is 2.18. The van der Waals surface area contributed by atoms with Gasteiger partial charge in [0.05, 0.1) is 17.2 Å². The van der Waals surface area contributed by atoms with Crippen LogP contribution < -0.4 is 5.32 Å². The van der Waals surface area contributed by atoms with Crippen LogP contribution in [0.4, 0.5) is 0 Å². The number of piperidine rings is 1. The van der Waals surface area contributed by atoms with E-state index in [0.29, 0.717) is 24.1 Å². The van der Waals surface area contributed by atoms with Crippen LogP contribution in [0, 0.1) is 6.92 Å². The first-order valence-electron chi connectivity index (χ1n) is 11.6. The van der Waals surface area contributed by atoms with Crippen molar-refractivity contribution in [3.8, 4) is 0 Å². The Balaban J connectivity index is 1.18. The first-order valence-corrected chi connectivity index (χ1v) is 11.6. The summed E-state index contributed by atoms with van der Waals surface area (Å²) in [5, 5.41) is 12.5. The minimum Gasteiger partial charge on any atom is -0.393 e. The summed E-state index contributed by atoms with van der Waals surface area (Å²) in [7, 11) is 0. The Morgan fingerprint density at radius 2 is 1.67 bits per heavy atom. The van der Waals surface area contributed by atoms with Crippen molar-refractivity contribution in [2.24, 2.45) is 0 Å². The van der Waals surface area contributed by atoms with Crippen LogP contribution >= 0.6 is 0 Å². The number of rotatable bonds is 8. The first-order chi connectivity index (χ1) is 15.9. The zero-order valence-corrected chi connectivity index (χ0v) is 19.0. The molecule has 4 rings (SSSR count). The zero-order chi connectivity index (χ0) is 23.4. The van der Waals surface area contributed by atoms with Gasteiger partial charge < -0.3 is 10.4 Å². The average Bonchev–Trinajstić information content (AvgIpc) is 3.04. The zero-order valence-electron chi connectivity index (χ0n) is 19.0. The number of aryl methyl sites for hydroxylation is 1. The highest BCUT2D eigenvalue weighted by Crippen LogP contribution is 2.24. The van der Waals surface area contributed by atoms with Crippen LogP contribution in [0.2, 0.25) is 0 Å². The van der Waals surface area contributed by atoms with Gasteiger partial charge in [-0.15, -0.1) is 0 Å². The molecule has 2 aromatic rings. The molecule has 0 radical (unpaired) electrons. The molecule has 33 heavy (non-hydrogen) atoms. The molecule has 0 atom stereocenters. The molecule has 0 spiro atoms. The Kier molecular flexibility index (Phi) is 7.20. The lowest BCUT2D eigenvalue weighted by molar-refractivity contribution is -0.121. The number of likely N-dealkylation sites (tertiary alicyclic amines) is 1. The van der Waals surface area contributed by atoms with Gasteiger partial charge in [0.15, 0.2) is 0 Å². The number of carbonyl (C=O) groups is 3. The molecule has 2 aliphatic rings. The maximum atomic E-state index is 12.5. The van der Waals surface area contributed by atoms with Gasteiger partial charge in [-0.2, -0.15) is 0 Å². The van der Waals surface area contributed by atoms with Crippen LogP contribution in [-0.2, 0) is 17.9 Å². The lowest BCUT2D eigenvalue weighted by Gasteiger charge is -2.29. The van der Waals surface area contributed by atoms with Gasteiger partial charge in [-0.25, -0.2) is 0 Å². The summed E-state index contributed by atoms with van der Waals surface area (Å²) in [4.78, 5) is 40.8. The Morgan fingerprint density at radius 3 is 2.39 bits per heavy atom. The smallest absolute Gasteiger partial charge is 0.261 e. The minimum absolute atomic E-state index is 0.0987. The number of carbonyl (C=O) groups excluding carboxylic acids is 3. The summed E-state index contributed by atoms with van der Waals surface area (Å²) in [6, 6.07) is 13.5. The normalized spacial score (nSPS) is 16.8. The van der Waals surface area contributed by atoms with Crippen LogP contribution in [-0.4, -0.2) is 58.4 Å². The summed E-state index contributed by atoms with van der Waals surface area (Å²) >= 11 is 0. The van der Waals surface area contributed by atoms with Crippen LogP contribution in [0.15, 0.2) is 42.5 Å². The molecule has 3 amide bonds. The largest absolute Gasteiger partial charge is 0.393 e. The molecule has 0 bridgehead atoms. The van der Waals surface area contributed by atoms with E-state index >= 15 is 0 Å². The fourth-order valence-electron chi connectivity index (χ4n) is 4.39. The second-order valence-electron chi connectivity index (χ2n) is 9.02. The first kappa shape index (κ1) is 23.1. The number of hydrogen-bond acceptors (Lipinski definition) is 5. The number of aliphatic hydroxyl groups excluding tert-OH is 1. The Bertz CT molecular complexity index is 1030. The Hall–Kier alpha value is -3.03. The number of aliphatic hydroxyl groups is 1. The molecule has 7 heteroatoms. The number of imide groups is 1. The van der Waals surface area contributed by atoms with Gasteiger partial charge in [-0.05, 0) is 49.4 Å². The second-order valence-corrected chi connectivity index (χ2v) is 9.02. The van der Waals surface area contributed by atoms with Crippen LogP contribution in [0.3, 0.4) is 0 Å². The molecule has 0 unspecified atom stereocenters. The molecule has 2 aliphatic heterocycles. The van der Waals surface area contributed by atoms with Gasteiger partial charge >= 0.3 is 0 Å². The summed E-state index contributed by atoms with van der Waals surface area (Å²) in [5.41, 5.74) is 4.08. The average molecular weight is 450 g/mol. The van der Waals surface area contributed by atoms with Crippen molar-refractivity contribution in [1.82, 2.24) is 15.1 Å². The van der Waals surface area contributed by atoms with Crippen molar-refractivity contribution < 1.29 is 19.5 Å². The van der Waals surface area contributed by atoms with Crippen molar-refractivity contribution >= 4 is 17.7 Å². The lowest BCUT2D eigenvalue weighted by atomic mass is 10.1. The fourth-order valence-corrected chi connectivity index (χ4v) is 4.39. The van der Waals surface area contributed by atoms with Crippen molar-refractivity contribution in [1.29, 1.82) is 0 Å². The molecule has 0 aliphatic carbocycles. The summed E-state index contributed by atoms with van der Waals surface area (Å²) < 4.78 is 0. The number of benzene rings is 2. The van der Waals surface area contributed by atoms with Crippen molar-refractivity contribution in [3.63, 3.8) is 0 Å². The van der Waals surface area contributed by atoms with E-state index in [1.807, 2.05) is 25.1 Å². The van der Waals surface area contributed by atoms with Gasteiger partial charge in [-0.3, -0.25) is 24.2 Å². The van der Waals surface area contributed by atoms with Gasteiger partial charge in [0.25, 0.3) is 11.8 Å². The molecule has 174 valence electrons. The van der Waals surface area contributed by atoms with E-state index in [-0.39, 0.29) is 36.8 Å². The lowest BCUT2D eigenvalue weighted by Crippen LogP contribution is -2.35. The predicted molar refractivity (Wildman–Crippen MR) is 125 cm³/mol. The van der Waals surface area contributed by atoms with Gasteiger partial charge in [0.1, 0.15) is 0 Å². The van der Waals surface area contributed by atoms with Crippen molar-refractivity contribution in [2.75, 3.05) is 19.6 Å². The third-order valence-corrected chi connectivity index (χ3v) is 6.39. The molecule has 7 nitrogen and oxygen atoms in total. The van der Waals surface area contributed by atoms with E-state index in [9.17, 15) is 19.5 Å². The molecular formula is C26H31N3O4. The topological polar surface area (TPSA) is 90.0 Å². The predicted octanol–water partition coefficient (Wildman–Crippen LogP) is 2.64. The quantitative estimate of drug-likeness (QED) is 0.605. The molecule has 2 heterocycles. The van der Waals surface area contributed by atoms with E-state index in [0.717, 1.165) is 43.6 Å². The second kappa shape index (κ2) is 10.3. The molecule has 1 fully saturated rings. The molecule has 1 saturated heterocycles. The third kappa shape index (κ3) is 5.67. The van der Waals surface area contributed by atoms with Crippen molar-refractivity contribution in [3.05, 3.63) is 70.3 Å².